The number of rotatable bonds is 4. The number of hydrogen-bond donors (Lipinski definition) is 2. The van der Waals surface area contributed by atoms with Crippen molar-refractivity contribution in [3.8, 4) is 22.5 Å². The van der Waals surface area contributed by atoms with Crippen LogP contribution >= 0.6 is 23.9 Å². The summed E-state index contributed by atoms with van der Waals surface area (Å²) >= 11 is 1.30. The Morgan fingerprint density at radius 1 is 1.12 bits per heavy atom. The molecule has 6 rings (SSSR count). The van der Waals surface area contributed by atoms with Crippen LogP contribution in [0.1, 0.15) is 21.6 Å². The summed E-state index contributed by atoms with van der Waals surface area (Å²) in [5.74, 6) is 0.849. The third-order valence-electron chi connectivity index (χ3n) is 6.25. The summed E-state index contributed by atoms with van der Waals surface area (Å²) in [6.45, 7) is 3.33. The number of halogens is 4. The normalized spacial score (nSPS) is 13.1. The van der Waals surface area contributed by atoms with E-state index in [1.165, 1.54) is 11.5 Å². The number of carbonyl (C=O) groups is 1. The lowest BCUT2D eigenvalue weighted by Gasteiger charge is -2.19. The lowest BCUT2D eigenvalue weighted by Crippen LogP contribution is -2.17. The molecule has 2 N–H and O–H groups in total. The van der Waals surface area contributed by atoms with Crippen molar-refractivity contribution in [3.05, 3.63) is 82.8 Å². The van der Waals surface area contributed by atoms with Crippen LogP contribution in [-0.4, -0.2) is 36.3 Å². The van der Waals surface area contributed by atoms with Gasteiger partial charge in [-0.1, -0.05) is 6.07 Å². The maximum absolute atomic E-state index is 13.1. The molecule has 0 unspecified atom stereocenters. The number of pyridine rings is 2. The van der Waals surface area contributed by atoms with Crippen LogP contribution in [0.15, 0.2) is 65.4 Å². The number of anilines is 2. The molecule has 5 heterocycles. The van der Waals surface area contributed by atoms with E-state index in [1.807, 2.05) is 24.4 Å². The second kappa shape index (κ2) is 10.7. The van der Waals surface area contributed by atoms with Gasteiger partial charge in [0, 0.05) is 47.7 Å². The fourth-order valence-electron chi connectivity index (χ4n) is 4.41. The Hall–Kier alpha value is -4.36. The average Bonchev–Trinajstić information content (AvgIpc) is 3.62. The second-order valence-electron chi connectivity index (χ2n) is 8.84. The van der Waals surface area contributed by atoms with Gasteiger partial charge < -0.3 is 15.2 Å². The number of alkyl halides is 3. The van der Waals surface area contributed by atoms with Crippen LogP contribution in [-0.2, 0) is 12.7 Å². The zero-order valence-electron chi connectivity index (χ0n) is 20.7. The monoisotopic (exact) mass is 584 g/mol. The minimum absolute atomic E-state index is 0. The van der Waals surface area contributed by atoms with Crippen molar-refractivity contribution >= 4 is 47.0 Å². The Bertz CT molecular complexity index is 1750. The van der Waals surface area contributed by atoms with E-state index in [1.54, 1.807) is 24.5 Å². The Morgan fingerprint density at radius 3 is 2.75 bits per heavy atom. The van der Waals surface area contributed by atoms with E-state index >= 15 is 0 Å². The predicted molar refractivity (Wildman–Crippen MR) is 147 cm³/mol. The van der Waals surface area contributed by atoms with Gasteiger partial charge in [-0.2, -0.15) is 22.5 Å². The van der Waals surface area contributed by atoms with Gasteiger partial charge in [-0.3, -0.25) is 9.78 Å². The Labute approximate surface area is 235 Å². The number of fused-ring (bicyclic) bond motifs is 3. The number of nitrogens with one attached hydrogen (secondary N) is 2. The lowest BCUT2D eigenvalue weighted by atomic mass is 9.98. The first-order chi connectivity index (χ1) is 18.8. The average molecular weight is 585 g/mol. The van der Waals surface area contributed by atoms with Crippen molar-refractivity contribution in [1.29, 1.82) is 0 Å². The van der Waals surface area contributed by atoms with Crippen molar-refractivity contribution in [1.82, 2.24) is 23.9 Å². The molecular weight excluding hydrogens is 565 g/mol. The first-order valence-corrected chi connectivity index (χ1v) is 12.6. The van der Waals surface area contributed by atoms with Crippen LogP contribution in [0.3, 0.4) is 0 Å². The van der Waals surface area contributed by atoms with Gasteiger partial charge in [0.05, 0.1) is 17.4 Å². The SMILES string of the molecule is Cc1ccc(NC(=O)c2cc(C(F)(F)F)ccn2)cc1-c1cc2cnc(=Nc3cnsc3)nc-2n2c1NCC2.Cl. The van der Waals surface area contributed by atoms with Crippen LogP contribution in [0.5, 0.6) is 0 Å². The van der Waals surface area contributed by atoms with Crippen molar-refractivity contribution in [2.75, 3.05) is 17.2 Å². The number of nitrogens with zero attached hydrogens (tertiary/aromatic N) is 6. The molecule has 0 atom stereocenters. The molecule has 3 aliphatic rings. The summed E-state index contributed by atoms with van der Waals surface area (Å²) in [6.07, 6.45) is -0.234. The van der Waals surface area contributed by atoms with Crippen LogP contribution < -0.4 is 16.3 Å². The third-order valence-corrected chi connectivity index (χ3v) is 6.82. The summed E-state index contributed by atoms with van der Waals surface area (Å²) in [7, 11) is 0. The summed E-state index contributed by atoms with van der Waals surface area (Å²) in [5.41, 5.74) is 3.64. The lowest BCUT2D eigenvalue weighted by molar-refractivity contribution is -0.137. The topological polar surface area (TPSA) is 110 Å². The zero-order chi connectivity index (χ0) is 27.1. The second-order valence-corrected chi connectivity index (χ2v) is 9.50. The van der Waals surface area contributed by atoms with E-state index in [0.717, 1.165) is 52.2 Å². The van der Waals surface area contributed by atoms with E-state index in [-0.39, 0.29) is 18.1 Å². The van der Waals surface area contributed by atoms with Crippen LogP contribution in [0.2, 0.25) is 0 Å². The molecule has 3 aromatic rings. The number of aromatic nitrogens is 5. The van der Waals surface area contributed by atoms with Gasteiger partial charge in [0.2, 0.25) is 0 Å². The van der Waals surface area contributed by atoms with Gasteiger partial charge in [-0.25, -0.2) is 9.98 Å². The van der Waals surface area contributed by atoms with Crippen molar-refractivity contribution in [2.45, 2.75) is 19.6 Å². The molecule has 0 saturated heterocycles. The summed E-state index contributed by atoms with van der Waals surface area (Å²) in [6, 6.07) is 8.85. The molecular formula is C26H20ClF3N8OS. The standard InChI is InChI=1S/C26H19F3N8OS.ClH/c1-14-2-3-17(34-24(38)21-9-16(4-5-30-21)26(27,28)29)10-19(14)20-8-15-11-32-25(35-18-12-33-39-13-18)36-22(15)37-7-6-31-23(20)37;/h2-5,8-13,31H,6-7H2,1H3,(H,34,38);1H. The van der Waals surface area contributed by atoms with Crippen LogP contribution in [0, 0.1) is 6.92 Å². The minimum atomic E-state index is -4.57. The predicted octanol–water partition coefficient (Wildman–Crippen LogP) is 5.56. The first-order valence-electron chi connectivity index (χ1n) is 11.8. The number of hydrogen-bond acceptors (Lipinski definition) is 8. The molecule has 0 saturated carbocycles. The highest BCUT2D eigenvalue weighted by atomic mass is 35.5. The van der Waals surface area contributed by atoms with Gasteiger partial charge in [0.25, 0.3) is 11.5 Å². The van der Waals surface area contributed by atoms with E-state index in [0.29, 0.717) is 30.1 Å². The molecule has 1 aromatic carbocycles. The molecule has 14 heteroatoms. The fraction of sp³-hybridized carbons (Fsp3) is 0.154. The van der Waals surface area contributed by atoms with Gasteiger partial charge in [-0.15, -0.1) is 12.4 Å². The quantitative estimate of drug-likeness (QED) is 0.286. The highest BCUT2D eigenvalue weighted by molar-refractivity contribution is 7.03. The maximum Gasteiger partial charge on any atom is 0.416 e. The molecule has 0 bridgehead atoms. The molecule has 0 spiro atoms. The number of aryl methyl sites for hydroxylation is 1. The highest BCUT2D eigenvalue weighted by Gasteiger charge is 2.31. The van der Waals surface area contributed by atoms with E-state index in [4.69, 9.17) is 0 Å². The Kier molecular flexibility index (Phi) is 7.25. The molecule has 204 valence electrons. The number of amides is 1. The van der Waals surface area contributed by atoms with Crippen LogP contribution in [0.4, 0.5) is 30.4 Å². The van der Waals surface area contributed by atoms with E-state index < -0.39 is 17.6 Å². The highest BCUT2D eigenvalue weighted by Crippen LogP contribution is 2.39. The third kappa shape index (κ3) is 5.25. The largest absolute Gasteiger partial charge is 0.416 e. The van der Waals surface area contributed by atoms with Crippen molar-refractivity contribution < 1.29 is 18.0 Å². The van der Waals surface area contributed by atoms with Crippen LogP contribution in [0.25, 0.3) is 22.5 Å². The number of carbonyl (C=O) groups excluding carboxylic acids is 1. The van der Waals surface area contributed by atoms with E-state index in [9.17, 15) is 18.0 Å². The Morgan fingerprint density at radius 2 is 1.98 bits per heavy atom. The van der Waals surface area contributed by atoms with Gasteiger partial charge >= 0.3 is 6.18 Å². The Balaban J connectivity index is 0.00000323. The van der Waals surface area contributed by atoms with Gasteiger partial charge in [-0.05, 0) is 59.9 Å². The zero-order valence-corrected chi connectivity index (χ0v) is 22.4. The van der Waals surface area contributed by atoms with E-state index in [2.05, 4.69) is 39.5 Å². The molecule has 0 fully saturated rings. The molecule has 3 aliphatic heterocycles. The maximum atomic E-state index is 13.1. The summed E-state index contributed by atoms with van der Waals surface area (Å²) in [5, 5.41) is 7.90. The summed E-state index contributed by atoms with van der Waals surface area (Å²) < 4.78 is 45.4. The summed E-state index contributed by atoms with van der Waals surface area (Å²) in [4.78, 5) is 30.1. The van der Waals surface area contributed by atoms with Gasteiger partial charge in [0.1, 0.15) is 17.3 Å². The fourth-order valence-corrected chi connectivity index (χ4v) is 4.86. The minimum Gasteiger partial charge on any atom is -0.369 e. The molecule has 0 radical (unpaired) electrons. The molecule has 1 amide bonds. The number of benzene rings is 1. The molecule has 2 aromatic heterocycles. The van der Waals surface area contributed by atoms with Crippen molar-refractivity contribution in [2.24, 2.45) is 4.99 Å². The molecule has 0 aliphatic carbocycles. The smallest absolute Gasteiger partial charge is 0.369 e. The van der Waals surface area contributed by atoms with Gasteiger partial charge in [0.15, 0.2) is 0 Å². The molecule has 40 heavy (non-hydrogen) atoms. The first kappa shape index (κ1) is 27.2. The molecule has 9 nitrogen and oxygen atoms in total. The van der Waals surface area contributed by atoms with Crippen molar-refractivity contribution in [3.63, 3.8) is 0 Å².